The summed E-state index contributed by atoms with van der Waals surface area (Å²) in [6.07, 6.45) is 4.74. The van der Waals surface area contributed by atoms with Crippen LogP contribution in [0.25, 0.3) is 0 Å². The molecule has 0 fully saturated rings. The van der Waals surface area contributed by atoms with E-state index in [2.05, 4.69) is 16.4 Å². The molecule has 6 nitrogen and oxygen atoms in total. The number of nitrogens with zero attached hydrogens (tertiary/aromatic N) is 2. The number of aliphatic imine (C=N–C) groups is 1. The Morgan fingerprint density at radius 1 is 0.968 bits per heavy atom. The first-order chi connectivity index (χ1) is 15.3. The molecule has 0 saturated carbocycles. The number of methoxy groups -OCH3 is 1. The Balaban J connectivity index is 1.64. The van der Waals surface area contributed by atoms with Gasteiger partial charge in [-0.25, -0.2) is 4.98 Å². The fourth-order valence-electron chi connectivity index (χ4n) is 3.38. The zero-order valence-electron chi connectivity index (χ0n) is 17.7. The van der Waals surface area contributed by atoms with Gasteiger partial charge in [0, 0.05) is 19.3 Å². The van der Waals surface area contributed by atoms with Gasteiger partial charge in [-0.05, 0) is 61.2 Å². The number of benzene rings is 2. The maximum Gasteiger partial charge on any atom is 0.230 e. The van der Waals surface area contributed by atoms with Crippen molar-refractivity contribution >= 4 is 5.84 Å². The van der Waals surface area contributed by atoms with E-state index in [0.717, 1.165) is 54.3 Å². The molecule has 6 heteroatoms. The summed E-state index contributed by atoms with van der Waals surface area (Å²) in [6, 6.07) is 19.6. The van der Waals surface area contributed by atoms with Crippen LogP contribution in [0.3, 0.4) is 0 Å². The predicted molar refractivity (Wildman–Crippen MR) is 121 cm³/mol. The highest BCUT2D eigenvalue weighted by Crippen LogP contribution is 2.32. The lowest BCUT2D eigenvalue weighted by Gasteiger charge is -2.15. The zero-order chi connectivity index (χ0) is 21.3. The first-order valence-electron chi connectivity index (χ1n) is 10.6. The standard InChI is InChI=1S/C25H27N3O3/c1-29-20-10-7-9-19(17-20)18-28-24-21-11-8-15-27-25(21)31-23-13-4-3-12-22(23)30-16-6-2-5-14-26-24/h3-4,7-13,15,17H,2,5-6,14,16,18H2,1H3,(H,26,28). The highest BCUT2D eigenvalue weighted by Gasteiger charge is 2.15. The number of nitrogens with one attached hydrogen (secondary N) is 1. The smallest absolute Gasteiger partial charge is 0.230 e. The summed E-state index contributed by atoms with van der Waals surface area (Å²) in [7, 11) is 1.67. The average molecular weight is 418 g/mol. The molecule has 0 bridgehead atoms. The van der Waals surface area contributed by atoms with Crippen LogP contribution in [0.15, 0.2) is 71.9 Å². The normalized spacial score (nSPS) is 14.2. The lowest BCUT2D eigenvalue weighted by molar-refractivity contribution is 0.291. The van der Waals surface area contributed by atoms with Gasteiger partial charge in [-0.15, -0.1) is 0 Å². The van der Waals surface area contributed by atoms with Crippen LogP contribution in [0.2, 0.25) is 0 Å². The number of para-hydroxylation sites is 2. The fourth-order valence-corrected chi connectivity index (χ4v) is 3.38. The van der Waals surface area contributed by atoms with E-state index in [1.807, 2.05) is 54.6 Å². The quantitative estimate of drug-likeness (QED) is 0.651. The van der Waals surface area contributed by atoms with Crippen LogP contribution >= 0.6 is 0 Å². The van der Waals surface area contributed by atoms with E-state index in [1.165, 1.54) is 0 Å². The van der Waals surface area contributed by atoms with Crippen LogP contribution < -0.4 is 19.5 Å². The van der Waals surface area contributed by atoms with E-state index in [0.29, 0.717) is 24.8 Å². The largest absolute Gasteiger partial charge is 0.497 e. The Bertz CT molecular complexity index is 1040. The summed E-state index contributed by atoms with van der Waals surface area (Å²) in [5.41, 5.74) is 1.93. The van der Waals surface area contributed by atoms with Gasteiger partial charge in [-0.2, -0.15) is 0 Å². The molecule has 0 aliphatic carbocycles. The van der Waals surface area contributed by atoms with Gasteiger partial charge in [-0.1, -0.05) is 24.3 Å². The van der Waals surface area contributed by atoms with Crippen molar-refractivity contribution in [3.63, 3.8) is 0 Å². The van der Waals surface area contributed by atoms with E-state index in [1.54, 1.807) is 13.3 Å². The third kappa shape index (κ3) is 5.54. The fraction of sp³-hybridized carbons (Fsp3) is 0.280. The second-order valence-corrected chi connectivity index (χ2v) is 7.25. The predicted octanol–water partition coefficient (Wildman–Crippen LogP) is 4.98. The van der Waals surface area contributed by atoms with Crippen molar-refractivity contribution in [3.05, 3.63) is 78.0 Å². The van der Waals surface area contributed by atoms with Crippen LogP contribution in [-0.4, -0.2) is 31.1 Å². The monoisotopic (exact) mass is 417 g/mol. The third-order valence-electron chi connectivity index (χ3n) is 5.01. The molecule has 0 amide bonds. The Hall–Kier alpha value is -3.54. The van der Waals surface area contributed by atoms with E-state index < -0.39 is 0 Å². The number of hydrogen-bond acceptors (Lipinski definition) is 6. The molecule has 3 aromatic rings. The van der Waals surface area contributed by atoms with Gasteiger partial charge in [0.05, 0.1) is 19.3 Å². The number of pyridine rings is 1. The number of fused-ring (bicyclic) bond motifs is 2. The molecule has 1 N–H and O–H groups in total. The number of aromatic nitrogens is 1. The lowest BCUT2D eigenvalue weighted by atomic mass is 10.2. The van der Waals surface area contributed by atoms with Gasteiger partial charge in [-0.3, -0.25) is 4.99 Å². The first-order valence-corrected chi connectivity index (χ1v) is 10.6. The minimum Gasteiger partial charge on any atom is -0.497 e. The minimum absolute atomic E-state index is 0.495. The number of rotatable bonds is 3. The van der Waals surface area contributed by atoms with Gasteiger partial charge in [0.2, 0.25) is 5.88 Å². The highest BCUT2D eigenvalue weighted by atomic mass is 16.5. The number of hydrogen-bond donors (Lipinski definition) is 1. The molecule has 0 radical (unpaired) electrons. The zero-order valence-corrected chi connectivity index (χ0v) is 17.7. The van der Waals surface area contributed by atoms with E-state index in [-0.39, 0.29) is 0 Å². The molecule has 2 heterocycles. The Kier molecular flexibility index (Phi) is 7.00. The van der Waals surface area contributed by atoms with Crippen molar-refractivity contribution < 1.29 is 14.2 Å². The van der Waals surface area contributed by atoms with E-state index in [4.69, 9.17) is 19.2 Å². The van der Waals surface area contributed by atoms with E-state index >= 15 is 0 Å². The van der Waals surface area contributed by atoms with Gasteiger partial charge >= 0.3 is 0 Å². The molecule has 0 atom stereocenters. The van der Waals surface area contributed by atoms with Gasteiger partial charge in [0.1, 0.15) is 11.6 Å². The Morgan fingerprint density at radius 2 is 1.87 bits per heavy atom. The summed E-state index contributed by atoms with van der Waals surface area (Å²) in [6.45, 7) is 1.99. The summed E-state index contributed by atoms with van der Waals surface area (Å²) in [5, 5.41) is 3.48. The number of amidine groups is 1. The maximum atomic E-state index is 6.20. The molecule has 2 aromatic carbocycles. The topological polar surface area (TPSA) is 65.0 Å². The van der Waals surface area contributed by atoms with Crippen molar-refractivity contribution in [2.45, 2.75) is 25.8 Å². The van der Waals surface area contributed by atoms with Crippen LogP contribution in [0.5, 0.6) is 23.1 Å². The molecular formula is C25H27N3O3. The molecular weight excluding hydrogens is 390 g/mol. The molecule has 1 aliphatic heterocycles. The van der Waals surface area contributed by atoms with Crippen LogP contribution in [0.4, 0.5) is 0 Å². The van der Waals surface area contributed by atoms with E-state index in [9.17, 15) is 0 Å². The molecule has 31 heavy (non-hydrogen) atoms. The van der Waals surface area contributed by atoms with Crippen molar-refractivity contribution in [1.82, 2.24) is 10.3 Å². The Morgan fingerprint density at radius 3 is 2.77 bits per heavy atom. The Labute approximate surface area is 182 Å². The molecule has 4 rings (SSSR count). The highest BCUT2D eigenvalue weighted by molar-refractivity contribution is 6.00. The molecule has 0 unspecified atom stereocenters. The van der Waals surface area contributed by atoms with Gasteiger partial charge in [0.25, 0.3) is 0 Å². The van der Waals surface area contributed by atoms with Crippen molar-refractivity contribution in [2.24, 2.45) is 4.99 Å². The summed E-state index contributed by atoms with van der Waals surface area (Å²) >= 11 is 0. The van der Waals surface area contributed by atoms with Crippen molar-refractivity contribution in [1.29, 1.82) is 0 Å². The van der Waals surface area contributed by atoms with Gasteiger partial charge in [0.15, 0.2) is 11.5 Å². The minimum atomic E-state index is 0.495. The molecule has 160 valence electrons. The SMILES string of the molecule is COc1cccc(CNC2=NCCCCCOc3ccccc3Oc3ncccc32)c1. The van der Waals surface area contributed by atoms with Gasteiger partial charge < -0.3 is 19.5 Å². The summed E-state index contributed by atoms with van der Waals surface area (Å²) < 4.78 is 17.5. The average Bonchev–Trinajstić information content (AvgIpc) is 2.83. The van der Waals surface area contributed by atoms with Crippen LogP contribution in [-0.2, 0) is 6.54 Å². The molecule has 1 aliphatic rings. The lowest BCUT2D eigenvalue weighted by Crippen LogP contribution is -2.25. The molecule has 0 saturated heterocycles. The first kappa shape index (κ1) is 20.7. The summed E-state index contributed by atoms with van der Waals surface area (Å²) in [5.74, 6) is 3.46. The maximum absolute atomic E-state index is 6.20. The molecule has 1 aromatic heterocycles. The van der Waals surface area contributed by atoms with Crippen molar-refractivity contribution in [2.75, 3.05) is 20.3 Å². The van der Waals surface area contributed by atoms with Crippen molar-refractivity contribution in [3.8, 4) is 23.1 Å². The summed E-state index contributed by atoms with van der Waals surface area (Å²) in [4.78, 5) is 9.34. The van der Waals surface area contributed by atoms with Crippen LogP contribution in [0.1, 0.15) is 30.4 Å². The third-order valence-corrected chi connectivity index (χ3v) is 5.01. The van der Waals surface area contributed by atoms with Crippen LogP contribution in [0, 0.1) is 0 Å². The molecule has 0 spiro atoms. The second kappa shape index (κ2) is 10.5. The second-order valence-electron chi connectivity index (χ2n) is 7.25. The number of ether oxygens (including phenoxy) is 3.